The molecule has 2 N–H and O–H groups in total. The van der Waals surface area contributed by atoms with E-state index in [1.807, 2.05) is 13.0 Å². The lowest BCUT2D eigenvalue weighted by atomic mass is 9.96. The molecule has 0 amide bonds. The lowest BCUT2D eigenvalue weighted by Crippen LogP contribution is -2.39. The predicted molar refractivity (Wildman–Crippen MR) is 117 cm³/mol. The Labute approximate surface area is 175 Å². The molecule has 1 aliphatic carbocycles. The van der Waals surface area contributed by atoms with Crippen molar-refractivity contribution in [2.75, 3.05) is 19.6 Å². The van der Waals surface area contributed by atoms with Crippen molar-refractivity contribution in [2.24, 2.45) is 4.99 Å². The first kappa shape index (κ1) is 21.1. The zero-order chi connectivity index (χ0) is 17.7. The quantitative estimate of drug-likeness (QED) is 0.352. The number of aliphatic imine (C=N–C) groups is 1. The van der Waals surface area contributed by atoms with Gasteiger partial charge in [0.15, 0.2) is 5.96 Å². The minimum Gasteiger partial charge on any atom is -0.357 e. The number of guanidine groups is 1. The van der Waals surface area contributed by atoms with Crippen LogP contribution in [0.3, 0.4) is 0 Å². The van der Waals surface area contributed by atoms with Crippen molar-refractivity contribution in [3.05, 3.63) is 51.7 Å². The van der Waals surface area contributed by atoms with E-state index in [0.717, 1.165) is 54.6 Å². The number of hydrogen-bond acceptors (Lipinski definition) is 3. The molecule has 26 heavy (non-hydrogen) atoms. The van der Waals surface area contributed by atoms with Crippen LogP contribution in [0.2, 0.25) is 0 Å². The first-order valence-corrected chi connectivity index (χ1v) is 9.68. The van der Waals surface area contributed by atoms with Gasteiger partial charge in [-0.3, -0.25) is 4.99 Å². The summed E-state index contributed by atoms with van der Waals surface area (Å²) < 4.78 is 13.5. The maximum absolute atomic E-state index is 13.5. The van der Waals surface area contributed by atoms with Crippen LogP contribution < -0.4 is 10.6 Å². The largest absolute Gasteiger partial charge is 0.357 e. The second-order valence-corrected chi connectivity index (χ2v) is 7.58. The highest BCUT2D eigenvalue weighted by atomic mass is 127. The van der Waals surface area contributed by atoms with Gasteiger partial charge in [-0.05, 0) is 44.4 Å². The number of nitrogens with one attached hydrogen (secondary N) is 2. The minimum absolute atomic E-state index is 0. The third-order valence-electron chi connectivity index (χ3n) is 4.51. The van der Waals surface area contributed by atoms with E-state index in [4.69, 9.17) is 4.99 Å². The van der Waals surface area contributed by atoms with Crippen molar-refractivity contribution in [1.29, 1.82) is 0 Å². The molecule has 1 heterocycles. The molecule has 1 saturated carbocycles. The molecule has 0 radical (unpaired) electrons. The molecule has 4 nitrogen and oxygen atoms in total. The van der Waals surface area contributed by atoms with Crippen LogP contribution in [-0.2, 0) is 11.8 Å². The number of aryl methyl sites for hydroxylation is 1. The van der Waals surface area contributed by atoms with E-state index in [1.165, 1.54) is 6.07 Å². The van der Waals surface area contributed by atoms with Gasteiger partial charge in [-0.15, -0.1) is 35.3 Å². The number of halogens is 2. The number of benzene rings is 1. The van der Waals surface area contributed by atoms with Gasteiger partial charge in [-0.1, -0.05) is 12.1 Å². The van der Waals surface area contributed by atoms with E-state index >= 15 is 0 Å². The number of hydrogen-bond donors (Lipinski definition) is 2. The minimum atomic E-state index is -0.170. The molecule has 1 fully saturated rings. The maximum atomic E-state index is 13.5. The van der Waals surface area contributed by atoms with Gasteiger partial charge in [0.25, 0.3) is 0 Å². The number of rotatable bonds is 7. The molecule has 0 spiro atoms. The van der Waals surface area contributed by atoms with E-state index < -0.39 is 0 Å². The van der Waals surface area contributed by atoms with Crippen LogP contribution in [0.5, 0.6) is 0 Å². The Bertz CT molecular complexity index is 743. The van der Waals surface area contributed by atoms with Gasteiger partial charge in [0.1, 0.15) is 5.82 Å². The number of aromatic nitrogens is 1. The average molecular weight is 488 g/mol. The molecule has 0 unspecified atom stereocenters. The van der Waals surface area contributed by atoms with E-state index in [9.17, 15) is 4.39 Å². The Morgan fingerprint density at radius 3 is 2.77 bits per heavy atom. The summed E-state index contributed by atoms with van der Waals surface area (Å²) >= 11 is 1.68. The van der Waals surface area contributed by atoms with Crippen molar-refractivity contribution >= 4 is 41.3 Å². The molecule has 0 bridgehead atoms. The zero-order valence-electron chi connectivity index (χ0n) is 15.2. The normalized spacial score (nSPS) is 15.3. The first-order chi connectivity index (χ1) is 12.1. The van der Waals surface area contributed by atoms with Crippen LogP contribution in [0.25, 0.3) is 0 Å². The summed E-state index contributed by atoms with van der Waals surface area (Å²) in [6.07, 6.45) is 3.01. The highest BCUT2D eigenvalue weighted by molar-refractivity contribution is 14.0. The lowest BCUT2D eigenvalue weighted by Gasteiger charge is -2.16. The molecular weight excluding hydrogens is 462 g/mol. The first-order valence-electron chi connectivity index (χ1n) is 8.80. The maximum Gasteiger partial charge on any atom is 0.191 e. The Hall–Kier alpha value is -1.22. The van der Waals surface area contributed by atoms with Gasteiger partial charge < -0.3 is 10.6 Å². The highest BCUT2D eigenvalue weighted by Crippen LogP contribution is 2.48. The van der Waals surface area contributed by atoms with Crippen LogP contribution in [0.15, 0.2) is 34.6 Å². The molecule has 0 atom stereocenters. The molecule has 3 rings (SSSR count). The van der Waals surface area contributed by atoms with Crippen LogP contribution in [-0.4, -0.2) is 30.6 Å². The van der Waals surface area contributed by atoms with Gasteiger partial charge in [0.2, 0.25) is 0 Å². The van der Waals surface area contributed by atoms with Crippen LogP contribution in [0, 0.1) is 12.7 Å². The zero-order valence-corrected chi connectivity index (χ0v) is 18.4. The number of thiazole rings is 1. The topological polar surface area (TPSA) is 49.3 Å². The second kappa shape index (κ2) is 9.64. The number of nitrogens with zero attached hydrogens (tertiary/aromatic N) is 2. The van der Waals surface area contributed by atoms with Crippen molar-refractivity contribution in [1.82, 2.24) is 15.6 Å². The third kappa shape index (κ3) is 5.64. The van der Waals surface area contributed by atoms with Crippen molar-refractivity contribution in [3.63, 3.8) is 0 Å². The van der Waals surface area contributed by atoms with Crippen molar-refractivity contribution < 1.29 is 4.39 Å². The fourth-order valence-electron chi connectivity index (χ4n) is 2.91. The van der Waals surface area contributed by atoms with Crippen LogP contribution in [0.4, 0.5) is 4.39 Å². The van der Waals surface area contributed by atoms with E-state index in [1.54, 1.807) is 23.5 Å². The molecule has 2 aromatic rings. The van der Waals surface area contributed by atoms with Crippen molar-refractivity contribution in [2.45, 2.75) is 38.5 Å². The summed E-state index contributed by atoms with van der Waals surface area (Å²) in [7, 11) is 0. The lowest BCUT2D eigenvalue weighted by molar-refractivity contribution is 0.615. The molecule has 1 aliphatic rings. The summed E-state index contributed by atoms with van der Waals surface area (Å²) in [6.45, 7) is 6.37. The molecular formula is C19H26FIN4S. The smallest absolute Gasteiger partial charge is 0.191 e. The van der Waals surface area contributed by atoms with Gasteiger partial charge in [-0.25, -0.2) is 9.37 Å². The van der Waals surface area contributed by atoms with E-state index in [0.29, 0.717) is 6.54 Å². The van der Waals surface area contributed by atoms with Crippen LogP contribution in [0.1, 0.15) is 36.0 Å². The molecule has 142 valence electrons. The summed E-state index contributed by atoms with van der Waals surface area (Å²) in [5.74, 6) is 0.647. The summed E-state index contributed by atoms with van der Waals surface area (Å²) in [5.41, 5.74) is 2.19. The summed E-state index contributed by atoms with van der Waals surface area (Å²) in [4.78, 5) is 9.22. The fraction of sp³-hybridized carbons (Fsp3) is 0.474. The summed E-state index contributed by atoms with van der Waals surface area (Å²) in [5, 5.41) is 9.86. The Balaban J connectivity index is 0.00000243. The monoisotopic (exact) mass is 488 g/mol. The van der Waals surface area contributed by atoms with E-state index in [-0.39, 0.29) is 35.2 Å². The third-order valence-corrected chi connectivity index (χ3v) is 5.34. The highest BCUT2D eigenvalue weighted by Gasteiger charge is 2.44. The Morgan fingerprint density at radius 2 is 2.15 bits per heavy atom. The molecule has 0 aliphatic heterocycles. The fourth-order valence-corrected chi connectivity index (χ4v) is 3.56. The SMILES string of the molecule is CCNC(=NCC1(c2cccc(F)c2)CC1)NCCc1csc(C)n1.I. The standard InChI is InChI=1S/C19H25FN4S.HI/c1-3-21-18(22-10-7-17-12-25-14(2)24-17)23-13-19(8-9-19)15-5-4-6-16(20)11-15;/h4-6,11-12H,3,7-10,13H2,1-2H3,(H2,21,22,23);1H. The second-order valence-electron chi connectivity index (χ2n) is 6.52. The Morgan fingerprint density at radius 1 is 1.35 bits per heavy atom. The molecule has 1 aromatic heterocycles. The average Bonchev–Trinajstić information content (AvgIpc) is 3.28. The van der Waals surface area contributed by atoms with Gasteiger partial charge >= 0.3 is 0 Å². The van der Waals surface area contributed by atoms with Gasteiger partial charge in [0.05, 0.1) is 17.2 Å². The molecule has 1 aromatic carbocycles. The van der Waals surface area contributed by atoms with Gasteiger partial charge in [-0.2, -0.15) is 0 Å². The van der Waals surface area contributed by atoms with E-state index in [2.05, 4.69) is 27.9 Å². The summed E-state index contributed by atoms with van der Waals surface area (Å²) in [6, 6.07) is 6.94. The van der Waals surface area contributed by atoms with Gasteiger partial charge in [0, 0.05) is 30.3 Å². The molecule has 0 saturated heterocycles. The predicted octanol–water partition coefficient (Wildman–Crippen LogP) is 4.04. The Kier molecular flexibility index (Phi) is 7.82. The van der Waals surface area contributed by atoms with Crippen molar-refractivity contribution in [3.8, 4) is 0 Å². The van der Waals surface area contributed by atoms with Crippen LogP contribution >= 0.6 is 35.3 Å². The molecule has 7 heteroatoms.